The molecule has 100 valence electrons. The van der Waals surface area contributed by atoms with Crippen molar-refractivity contribution < 1.29 is 0 Å². The minimum atomic E-state index is 0.968. The van der Waals surface area contributed by atoms with E-state index < -0.39 is 0 Å². The van der Waals surface area contributed by atoms with Crippen LogP contribution in [0.15, 0.2) is 24.3 Å². The van der Waals surface area contributed by atoms with E-state index in [-0.39, 0.29) is 0 Å². The fourth-order valence-electron chi connectivity index (χ4n) is 3.43. The van der Waals surface area contributed by atoms with E-state index in [9.17, 15) is 0 Å². The lowest BCUT2D eigenvalue weighted by molar-refractivity contribution is 0.840. The summed E-state index contributed by atoms with van der Waals surface area (Å²) >= 11 is 0. The monoisotopic (exact) mass is 262 g/mol. The lowest BCUT2D eigenvalue weighted by atomic mass is 10.1. The fraction of sp³-hybridized carbons (Fsp3) is 0.222. The Morgan fingerprint density at radius 3 is 2.75 bits per heavy atom. The van der Waals surface area contributed by atoms with E-state index in [1.807, 2.05) is 0 Å². The molecule has 0 bridgehead atoms. The first kappa shape index (κ1) is 11.6. The van der Waals surface area contributed by atoms with E-state index in [1.54, 1.807) is 0 Å². The Morgan fingerprint density at radius 1 is 1.15 bits per heavy atom. The van der Waals surface area contributed by atoms with Gasteiger partial charge in [-0.15, -0.1) is 0 Å². The zero-order valence-corrected chi connectivity index (χ0v) is 11.7. The van der Waals surface area contributed by atoms with Gasteiger partial charge < -0.3 is 9.88 Å². The van der Waals surface area contributed by atoms with E-state index in [4.69, 9.17) is 0 Å². The number of nitrogens with one attached hydrogen (secondary N) is 1. The van der Waals surface area contributed by atoms with Crippen molar-refractivity contribution in [3.8, 4) is 0 Å². The van der Waals surface area contributed by atoms with Crippen molar-refractivity contribution >= 4 is 30.1 Å². The fourth-order valence-corrected chi connectivity index (χ4v) is 3.43. The van der Waals surface area contributed by atoms with Crippen LogP contribution in [0, 0.1) is 0 Å². The molecular weight excluding hydrogens is 244 g/mol. The van der Waals surface area contributed by atoms with Gasteiger partial charge in [0.1, 0.15) is 0 Å². The highest BCUT2D eigenvalue weighted by Crippen LogP contribution is 2.26. The Kier molecular flexibility index (Phi) is 2.40. The van der Waals surface area contributed by atoms with E-state index in [0.29, 0.717) is 0 Å². The number of rotatable bonds is 0. The van der Waals surface area contributed by atoms with Crippen molar-refractivity contribution in [1.29, 1.82) is 0 Å². The van der Waals surface area contributed by atoms with Gasteiger partial charge in [-0.1, -0.05) is 36.9 Å². The maximum absolute atomic E-state index is 4.33. The summed E-state index contributed by atoms with van der Waals surface area (Å²) in [4.78, 5) is 0. The van der Waals surface area contributed by atoms with Crippen LogP contribution in [0.2, 0.25) is 0 Å². The predicted octanol–water partition coefficient (Wildman–Crippen LogP) is 0.567. The zero-order valence-electron chi connectivity index (χ0n) is 11.7. The summed E-state index contributed by atoms with van der Waals surface area (Å²) in [7, 11) is 2.15. The van der Waals surface area contributed by atoms with Crippen LogP contribution in [0.25, 0.3) is 24.4 Å². The van der Waals surface area contributed by atoms with Crippen molar-refractivity contribution in [1.82, 2.24) is 4.57 Å². The van der Waals surface area contributed by atoms with Gasteiger partial charge >= 0.3 is 0 Å². The summed E-state index contributed by atoms with van der Waals surface area (Å²) in [5.41, 5.74) is 3.87. The molecule has 0 amide bonds. The summed E-state index contributed by atoms with van der Waals surface area (Å²) in [6.07, 6.45) is 7.88. The first-order chi connectivity index (χ1) is 9.75. The summed E-state index contributed by atoms with van der Waals surface area (Å²) in [6.45, 7) is 4.33. The molecule has 0 radical (unpaired) electrons. The molecule has 2 aliphatic rings. The van der Waals surface area contributed by atoms with Gasteiger partial charge in [0.15, 0.2) is 0 Å². The maximum atomic E-state index is 4.33. The van der Waals surface area contributed by atoms with Crippen LogP contribution in [0.1, 0.15) is 18.4 Å². The van der Waals surface area contributed by atoms with E-state index in [2.05, 4.69) is 59.9 Å². The molecule has 4 rings (SSSR count). The standard InChI is InChI=1S/C18H18N2/c1-12-14-8-4-6-10-17(14)20(2)18(12)16-11-13-7-3-5-9-15(13)19-16/h3,5,7-10,19H,1,4,6,11H2,2H3/b18-16+. The maximum Gasteiger partial charge on any atom is 0.0682 e. The largest absolute Gasteiger partial charge is 0.357 e. The molecule has 2 heterocycles. The Labute approximate surface area is 118 Å². The molecule has 0 saturated heterocycles. The zero-order chi connectivity index (χ0) is 13.7. The molecule has 1 N–H and O–H groups in total. The van der Waals surface area contributed by atoms with Gasteiger partial charge in [0, 0.05) is 40.6 Å². The molecule has 20 heavy (non-hydrogen) atoms. The third-order valence-electron chi connectivity index (χ3n) is 4.39. The quantitative estimate of drug-likeness (QED) is 0.734. The Bertz CT molecular complexity index is 902. The molecule has 1 aromatic heterocycles. The molecule has 2 nitrogen and oxygen atoms in total. The Hall–Kier alpha value is -2.22. The van der Waals surface area contributed by atoms with Gasteiger partial charge in [-0.2, -0.15) is 0 Å². The highest BCUT2D eigenvalue weighted by atomic mass is 15.0. The highest BCUT2D eigenvalue weighted by molar-refractivity contribution is 5.76. The lowest BCUT2D eigenvalue weighted by Crippen LogP contribution is -2.38. The number of para-hydroxylation sites is 1. The van der Waals surface area contributed by atoms with Crippen molar-refractivity contribution in [2.24, 2.45) is 7.05 Å². The number of aromatic nitrogens is 1. The third-order valence-corrected chi connectivity index (χ3v) is 4.39. The van der Waals surface area contributed by atoms with Crippen LogP contribution in [0.4, 0.5) is 5.69 Å². The second-order valence-electron chi connectivity index (χ2n) is 5.61. The van der Waals surface area contributed by atoms with Crippen LogP contribution in [0.5, 0.6) is 0 Å². The summed E-state index contributed by atoms with van der Waals surface area (Å²) in [6, 6.07) is 8.52. The normalized spacial score (nSPS) is 18.6. The second kappa shape index (κ2) is 4.14. The Balaban J connectivity index is 2.06. The predicted molar refractivity (Wildman–Crippen MR) is 84.8 cm³/mol. The minimum Gasteiger partial charge on any atom is -0.357 e. The molecule has 2 heteroatoms. The molecular formula is C18H18N2. The van der Waals surface area contributed by atoms with Crippen molar-refractivity contribution in [3.63, 3.8) is 0 Å². The number of benzene rings is 1. The lowest BCUT2D eigenvalue weighted by Gasteiger charge is -2.02. The molecule has 1 aliphatic carbocycles. The average Bonchev–Trinajstić information content (AvgIpc) is 3.00. The van der Waals surface area contributed by atoms with Crippen molar-refractivity contribution in [2.45, 2.75) is 19.3 Å². The van der Waals surface area contributed by atoms with Crippen molar-refractivity contribution in [2.75, 3.05) is 5.32 Å². The van der Waals surface area contributed by atoms with Crippen LogP contribution >= 0.6 is 0 Å². The number of hydrogen-bond donors (Lipinski definition) is 1. The SMILES string of the molecule is C=c1c2c(n(C)/c1=C1\Cc3ccccc3N1)=CCCC=2. The average molecular weight is 262 g/mol. The van der Waals surface area contributed by atoms with Gasteiger partial charge in [0.2, 0.25) is 0 Å². The van der Waals surface area contributed by atoms with Crippen LogP contribution in [-0.2, 0) is 13.5 Å². The van der Waals surface area contributed by atoms with Gasteiger partial charge in [-0.25, -0.2) is 0 Å². The number of fused-ring (bicyclic) bond motifs is 2. The molecule has 1 aliphatic heterocycles. The summed E-state index contributed by atoms with van der Waals surface area (Å²) in [5, 5.41) is 8.62. The van der Waals surface area contributed by atoms with E-state index in [0.717, 1.165) is 24.5 Å². The second-order valence-corrected chi connectivity index (χ2v) is 5.61. The molecule has 0 saturated carbocycles. The topological polar surface area (TPSA) is 17.0 Å². The summed E-state index contributed by atoms with van der Waals surface area (Å²) < 4.78 is 2.29. The number of anilines is 1. The molecule has 0 unspecified atom stereocenters. The molecule has 0 spiro atoms. The van der Waals surface area contributed by atoms with Crippen LogP contribution < -0.4 is 26.5 Å². The smallest absolute Gasteiger partial charge is 0.0682 e. The molecule has 0 fully saturated rings. The molecule has 0 atom stereocenters. The Morgan fingerprint density at radius 2 is 1.95 bits per heavy atom. The first-order valence-electron chi connectivity index (χ1n) is 7.18. The van der Waals surface area contributed by atoms with Gasteiger partial charge in [0.05, 0.1) is 5.35 Å². The molecule has 1 aromatic carbocycles. The van der Waals surface area contributed by atoms with Gasteiger partial charge in [0.25, 0.3) is 0 Å². The van der Waals surface area contributed by atoms with Gasteiger partial charge in [-0.05, 0) is 24.5 Å². The number of nitrogens with zero attached hydrogens (tertiary/aromatic N) is 1. The third kappa shape index (κ3) is 1.51. The van der Waals surface area contributed by atoms with Crippen molar-refractivity contribution in [3.05, 3.63) is 51.0 Å². The first-order valence-corrected chi connectivity index (χ1v) is 7.18. The van der Waals surface area contributed by atoms with Crippen LogP contribution in [-0.4, -0.2) is 4.57 Å². The highest BCUT2D eigenvalue weighted by Gasteiger charge is 2.16. The van der Waals surface area contributed by atoms with E-state index >= 15 is 0 Å². The van der Waals surface area contributed by atoms with Crippen LogP contribution in [0.3, 0.4) is 0 Å². The minimum absolute atomic E-state index is 0.968. The van der Waals surface area contributed by atoms with E-state index in [1.165, 1.54) is 32.9 Å². The number of hydrogen-bond acceptors (Lipinski definition) is 1. The summed E-state index contributed by atoms with van der Waals surface area (Å²) in [5.74, 6) is 0. The van der Waals surface area contributed by atoms with Gasteiger partial charge in [-0.3, -0.25) is 0 Å². The molecule has 2 aromatic rings.